The lowest BCUT2D eigenvalue weighted by molar-refractivity contribution is -0.120. The first-order valence-electron chi connectivity index (χ1n) is 7.87. The standard InChI is InChI=1S/C19H23NO4S/c1-13(25-15-9-10-17(23-3)18(11-15)24-4)19(21)20-12-14-7-5-6-8-16(14)22-2/h5-11,13H,12H2,1-4H3,(H,20,21)/t13-/m0/s1. The monoisotopic (exact) mass is 361 g/mol. The van der Waals surface area contributed by atoms with Gasteiger partial charge < -0.3 is 19.5 Å². The predicted octanol–water partition coefficient (Wildman–Crippen LogP) is 3.51. The predicted molar refractivity (Wildman–Crippen MR) is 99.7 cm³/mol. The third-order valence-electron chi connectivity index (χ3n) is 3.68. The van der Waals surface area contributed by atoms with Gasteiger partial charge in [0.1, 0.15) is 5.75 Å². The van der Waals surface area contributed by atoms with Gasteiger partial charge in [0, 0.05) is 17.0 Å². The molecule has 0 unspecified atom stereocenters. The molecule has 134 valence electrons. The molecule has 2 aromatic rings. The van der Waals surface area contributed by atoms with Gasteiger partial charge in [-0.3, -0.25) is 4.79 Å². The van der Waals surface area contributed by atoms with E-state index in [-0.39, 0.29) is 11.2 Å². The summed E-state index contributed by atoms with van der Waals surface area (Å²) in [5.74, 6) is 2.04. The average Bonchev–Trinajstić information content (AvgIpc) is 2.65. The zero-order valence-corrected chi connectivity index (χ0v) is 15.7. The lowest BCUT2D eigenvalue weighted by Gasteiger charge is -2.14. The van der Waals surface area contributed by atoms with Gasteiger partial charge in [-0.25, -0.2) is 0 Å². The van der Waals surface area contributed by atoms with E-state index < -0.39 is 0 Å². The van der Waals surface area contributed by atoms with Crippen molar-refractivity contribution in [1.29, 1.82) is 0 Å². The molecule has 0 aromatic heterocycles. The Morgan fingerprint density at radius 3 is 2.36 bits per heavy atom. The molecule has 0 aliphatic heterocycles. The fourth-order valence-corrected chi connectivity index (χ4v) is 3.24. The summed E-state index contributed by atoms with van der Waals surface area (Å²) in [6, 6.07) is 13.3. The zero-order chi connectivity index (χ0) is 18.2. The van der Waals surface area contributed by atoms with Gasteiger partial charge in [0.25, 0.3) is 0 Å². The van der Waals surface area contributed by atoms with Gasteiger partial charge in [-0.2, -0.15) is 0 Å². The Bertz CT molecular complexity index is 720. The topological polar surface area (TPSA) is 56.8 Å². The Labute approximate surface area is 152 Å². The molecule has 0 bridgehead atoms. The number of hydrogen-bond donors (Lipinski definition) is 1. The summed E-state index contributed by atoms with van der Waals surface area (Å²) in [7, 11) is 4.81. The van der Waals surface area contributed by atoms with E-state index >= 15 is 0 Å². The Hall–Kier alpha value is -2.34. The van der Waals surface area contributed by atoms with Crippen LogP contribution in [-0.4, -0.2) is 32.5 Å². The zero-order valence-electron chi connectivity index (χ0n) is 14.9. The Morgan fingerprint density at radius 1 is 1.00 bits per heavy atom. The van der Waals surface area contributed by atoms with E-state index in [1.807, 2.05) is 49.4 Å². The molecule has 0 saturated carbocycles. The van der Waals surface area contributed by atoms with E-state index in [1.165, 1.54) is 11.8 Å². The molecular formula is C19H23NO4S. The highest BCUT2D eigenvalue weighted by Gasteiger charge is 2.16. The van der Waals surface area contributed by atoms with Gasteiger partial charge in [-0.1, -0.05) is 18.2 Å². The summed E-state index contributed by atoms with van der Waals surface area (Å²) in [4.78, 5) is 13.3. The Balaban J connectivity index is 1.96. The molecule has 0 fully saturated rings. The highest BCUT2D eigenvalue weighted by Crippen LogP contribution is 2.33. The van der Waals surface area contributed by atoms with Crippen LogP contribution in [0.2, 0.25) is 0 Å². The molecule has 0 heterocycles. The number of nitrogens with one attached hydrogen (secondary N) is 1. The first kappa shape index (κ1) is 19.0. The molecule has 1 atom stereocenters. The summed E-state index contributed by atoms with van der Waals surface area (Å²) in [5, 5.41) is 2.71. The molecule has 6 heteroatoms. The molecule has 2 aromatic carbocycles. The minimum absolute atomic E-state index is 0.0364. The fourth-order valence-electron chi connectivity index (χ4n) is 2.32. The maximum absolute atomic E-state index is 12.4. The van der Waals surface area contributed by atoms with Crippen LogP contribution in [0.1, 0.15) is 12.5 Å². The van der Waals surface area contributed by atoms with E-state index in [4.69, 9.17) is 14.2 Å². The number of hydrogen-bond acceptors (Lipinski definition) is 5. The van der Waals surface area contributed by atoms with Crippen molar-refractivity contribution in [2.45, 2.75) is 23.6 Å². The minimum atomic E-state index is -0.243. The molecule has 0 radical (unpaired) electrons. The van der Waals surface area contributed by atoms with Crippen LogP contribution in [0.5, 0.6) is 17.2 Å². The molecule has 5 nitrogen and oxygen atoms in total. The minimum Gasteiger partial charge on any atom is -0.496 e. The smallest absolute Gasteiger partial charge is 0.233 e. The molecule has 0 spiro atoms. The van der Waals surface area contributed by atoms with Crippen LogP contribution < -0.4 is 19.5 Å². The van der Waals surface area contributed by atoms with Gasteiger partial charge >= 0.3 is 0 Å². The van der Waals surface area contributed by atoms with E-state index in [1.54, 1.807) is 21.3 Å². The molecule has 2 rings (SSSR count). The average molecular weight is 361 g/mol. The SMILES string of the molecule is COc1ccccc1CNC(=O)[C@H](C)Sc1ccc(OC)c(OC)c1. The number of ether oxygens (including phenoxy) is 3. The third kappa shape index (κ3) is 5.06. The largest absolute Gasteiger partial charge is 0.496 e. The van der Waals surface area contributed by atoms with E-state index in [0.29, 0.717) is 18.0 Å². The van der Waals surface area contributed by atoms with Crippen LogP contribution in [-0.2, 0) is 11.3 Å². The number of amides is 1. The second-order valence-electron chi connectivity index (χ2n) is 5.31. The highest BCUT2D eigenvalue weighted by molar-refractivity contribution is 8.00. The molecule has 25 heavy (non-hydrogen) atoms. The van der Waals surface area contributed by atoms with Crippen molar-refractivity contribution in [2.24, 2.45) is 0 Å². The van der Waals surface area contributed by atoms with Crippen LogP contribution >= 0.6 is 11.8 Å². The number of para-hydroxylation sites is 1. The van der Waals surface area contributed by atoms with Crippen molar-refractivity contribution in [3.63, 3.8) is 0 Å². The Kier molecular flexibility index (Phi) is 7.01. The molecule has 1 N–H and O–H groups in total. The summed E-state index contributed by atoms with van der Waals surface area (Å²) in [6.07, 6.45) is 0. The van der Waals surface area contributed by atoms with Crippen molar-refractivity contribution in [3.05, 3.63) is 48.0 Å². The van der Waals surface area contributed by atoms with Crippen molar-refractivity contribution in [2.75, 3.05) is 21.3 Å². The molecule has 0 saturated heterocycles. The van der Waals surface area contributed by atoms with Gasteiger partial charge in [-0.15, -0.1) is 11.8 Å². The number of methoxy groups -OCH3 is 3. The number of rotatable bonds is 8. The van der Waals surface area contributed by atoms with Crippen LogP contribution in [0.4, 0.5) is 0 Å². The van der Waals surface area contributed by atoms with Gasteiger partial charge in [0.15, 0.2) is 11.5 Å². The van der Waals surface area contributed by atoms with E-state index in [0.717, 1.165) is 16.2 Å². The van der Waals surface area contributed by atoms with Crippen molar-refractivity contribution in [1.82, 2.24) is 5.32 Å². The molecule has 0 aliphatic carbocycles. The number of thioether (sulfide) groups is 1. The second-order valence-corrected chi connectivity index (χ2v) is 6.72. The lowest BCUT2D eigenvalue weighted by Crippen LogP contribution is -2.30. The quantitative estimate of drug-likeness (QED) is 0.729. The van der Waals surface area contributed by atoms with Gasteiger partial charge in [0.2, 0.25) is 5.91 Å². The second kappa shape index (κ2) is 9.22. The lowest BCUT2D eigenvalue weighted by atomic mass is 10.2. The van der Waals surface area contributed by atoms with E-state index in [2.05, 4.69) is 5.32 Å². The summed E-state index contributed by atoms with van der Waals surface area (Å²) < 4.78 is 15.8. The fraction of sp³-hybridized carbons (Fsp3) is 0.316. The number of carbonyl (C=O) groups excluding carboxylic acids is 1. The number of carbonyl (C=O) groups is 1. The maximum atomic E-state index is 12.4. The first-order chi connectivity index (χ1) is 12.1. The van der Waals surface area contributed by atoms with Crippen LogP contribution in [0.15, 0.2) is 47.4 Å². The van der Waals surface area contributed by atoms with E-state index in [9.17, 15) is 4.79 Å². The molecule has 1 amide bonds. The van der Waals surface area contributed by atoms with Gasteiger partial charge in [0.05, 0.1) is 26.6 Å². The van der Waals surface area contributed by atoms with Crippen LogP contribution in [0.3, 0.4) is 0 Å². The van der Waals surface area contributed by atoms with Crippen molar-refractivity contribution in [3.8, 4) is 17.2 Å². The first-order valence-corrected chi connectivity index (χ1v) is 8.75. The van der Waals surface area contributed by atoms with Crippen molar-refractivity contribution >= 4 is 17.7 Å². The molecular weight excluding hydrogens is 338 g/mol. The van der Waals surface area contributed by atoms with Gasteiger partial charge in [-0.05, 0) is 31.2 Å². The normalized spacial score (nSPS) is 11.5. The van der Waals surface area contributed by atoms with Crippen molar-refractivity contribution < 1.29 is 19.0 Å². The molecule has 0 aliphatic rings. The Morgan fingerprint density at radius 2 is 1.68 bits per heavy atom. The maximum Gasteiger partial charge on any atom is 0.233 e. The highest BCUT2D eigenvalue weighted by atomic mass is 32.2. The third-order valence-corrected chi connectivity index (χ3v) is 4.78. The summed E-state index contributed by atoms with van der Waals surface area (Å²) in [6.45, 7) is 2.30. The van der Waals surface area contributed by atoms with Crippen LogP contribution in [0.25, 0.3) is 0 Å². The summed E-state index contributed by atoms with van der Waals surface area (Å²) in [5.41, 5.74) is 0.946. The van der Waals surface area contributed by atoms with Crippen LogP contribution in [0, 0.1) is 0 Å². The number of benzene rings is 2. The summed E-state index contributed by atoms with van der Waals surface area (Å²) >= 11 is 1.47.